The molecule has 2 aliphatic rings. The van der Waals surface area contributed by atoms with Crippen LogP contribution in [0.5, 0.6) is 0 Å². The highest BCUT2D eigenvalue weighted by molar-refractivity contribution is 6.17. The van der Waals surface area contributed by atoms with Crippen molar-refractivity contribution in [2.75, 3.05) is 0 Å². The van der Waals surface area contributed by atoms with Crippen molar-refractivity contribution >= 4 is 21.8 Å². The van der Waals surface area contributed by atoms with Gasteiger partial charge in [0.1, 0.15) is 0 Å². The molecule has 8 aromatic carbocycles. The fourth-order valence-electron chi connectivity index (χ4n) is 9.19. The third-order valence-corrected chi connectivity index (χ3v) is 11.2. The molecule has 0 unspecified atom stereocenters. The van der Waals surface area contributed by atoms with Crippen molar-refractivity contribution in [1.29, 1.82) is 0 Å². The summed E-state index contributed by atoms with van der Waals surface area (Å²) in [5.74, 6) is 0. The van der Waals surface area contributed by atoms with Gasteiger partial charge in [-0.1, -0.05) is 164 Å². The van der Waals surface area contributed by atoms with Crippen LogP contribution >= 0.6 is 0 Å². The van der Waals surface area contributed by atoms with Gasteiger partial charge in [0.25, 0.3) is 0 Å². The van der Waals surface area contributed by atoms with Crippen LogP contribution in [0.25, 0.3) is 72.0 Å². The zero-order valence-electron chi connectivity index (χ0n) is 27.3. The first-order valence-corrected chi connectivity index (χ1v) is 17.4. The number of aromatic nitrogens is 1. The van der Waals surface area contributed by atoms with E-state index < -0.39 is 0 Å². The Labute approximate surface area is 291 Å². The van der Waals surface area contributed by atoms with E-state index in [0.29, 0.717) is 0 Å². The Balaban J connectivity index is 1.27. The predicted octanol–water partition coefficient (Wildman–Crippen LogP) is 12.5. The lowest BCUT2D eigenvalue weighted by Crippen LogP contribution is -2.25. The molecular weight excluding hydrogens is 603 g/mol. The summed E-state index contributed by atoms with van der Waals surface area (Å²) in [6.07, 6.45) is 0. The Hall–Kier alpha value is -6.44. The SMILES string of the molecule is c1ccc(-c2ccc(-n3c4ccc(-c5ccccc5)cc4c4ccc5c(c43)-c3ccccc3C53c4ccccc4-c4ccccc43)cc2)cc1. The first-order valence-electron chi connectivity index (χ1n) is 17.4. The molecule has 0 atom stereocenters. The maximum atomic E-state index is 2.52. The number of hydrogen-bond donors (Lipinski definition) is 0. The summed E-state index contributed by atoms with van der Waals surface area (Å²) < 4.78 is 2.52. The number of fused-ring (bicyclic) bond motifs is 14. The summed E-state index contributed by atoms with van der Waals surface area (Å²) in [4.78, 5) is 0. The lowest BCUT2D eigenvalue weighted by Gasteiger charge is -2.30. The van der Waals surface area contributed by atoms with Gasteiger partial charge in [-0.3, -0.25) is 0 Å². The molecule has 0 amide bonds. The Morgan fingerprint density at radius 1 is 0.340 bits per heavy atom. The highest BCUT2D eigenvalue weighted by atomic mass is 15.0. The second-order valence-corrected chi connectivity index (χ2v) is 13.6. The molecule has 232 valence electrons. The van der Waals surface area contributed by atoms with Crippen molar-refractivity contribution in [2.24, 2.45) is 0 Å². The quantitative estimate of drug-likeness (QED) is 0.182. The van der Waals surface area contributed by atoms with Crippen LogP contribution in [-0.2, 0) is 5.41 Å². The Kier molecular flexibility index (Phi) is 5.66. The average molecular weight is 634 g/mol. The molecule has 1 aromatic heterocycles. The molecule has 0 saturated heterocycles. The normalized spacial score (nSPS) is 13.4. The average Bonchev–Trinajstić information content (AvgIpc) is 3.80. The number of rotatable bonds is 3. The second-order valence-electron chi connectivity index (χ2n) is 13.6. The van der Waals surface area contributed by atoms with E-state index in [1.807, 2.05) is 0 Å². The van der Waals surface area contributed by atoms with Crippen LogP contribution < -0.4 is 0 Å². The predicted molar refractivity (Wildman–Crippen MR) is 208 cm³/mol. The van der Waals surface area contributed by atoms with Gasteiger partial charge in [-0.2, -0.15) is 0 Å². The molecule has 0 radical (unpaired) electrons. The summed E-state index contributed by atoms with van der Waals surface area (Å²) >= 11 is 0. The van der Waals surface area contributed by atoms with Crippen molar-refractivity contribution in [3.63, 3.8) is 0 Å². The van der Waals surface area contributed by atoms with Crippen LogP contribution in [0.3, 0.4) is 0 Å². The van der Waals surface area contributed by atoms with Crippen molar-refractivity contribution in [2.45, 2.75) is 5.41 Å². The third-order valence-electron chi connectivity index (χ3n) is 11.2. The lowest BCUT2D eigenvalue weighted by atomic mass is 9.70. The molecule has 0 bridgehead atoms. The van der Waals surface area contributed by atoms with E-state index in [9.17, 15) is 0 Å². The Bertz CT molecular complexity index is 2740. The smallest absolute Gasteiger partial charge is 0.0726 e. The number of benzene rings is 8. The van der Waals surface area contributed by atoms with Crippen LogP contribution in [0.2, 0.25) is 0 Å². The minimum atomic E-state index is -0.388. The minimum absolute atomic E-state index is 0.388. The molecule has 9 aromatic rings. The molecule has 0 fully saturated rings. The van der Waals surface area contributed by atoms with Crippen LogP contribution in [0, 0.1) is 0 Å². The first kappa shape index (κ1) is 27.5. The Morgan fingerprint density at radius 3 is 1.48 bits per heavy atom. The molecule has 50 heavy (non-hydrogen) atoms. The number of nitrogens with zero attached hydrogens (tertiary/aromatic N) is 1. The molecule has 0 N–H and O–H groups in total. The lowest BCUT2D eigenvalue weighted by molar-refractivity contribution is 0.794. The van der Waals surface area contributed by atoms with E-state index >= 15 is 0 Å². The second kappa shape index (κ2) is 10.3. The summed E-state index contributed by atoms with van der Waals surface area (Å²) in [6, 6.07) is 69.6. The van der Waals surface area contributed by atoms with Gasteiger partial charge < -0.3 is 4.57 Å². The Morgan fingerprint density at radius 2 is 0.840 bits per heavy atom. The van der Waals surface area contributed by atoms with Gasteiger partial charge >= 0.3 is 0 Å². The standard InChI is InChI=1S/C49H31N/c1-3-13-32(14-4-1)34-23-26-36(27-24-34)50-46-30-25-35(33-15-5-2-6-16-33)31-41(46)39-28-29-45-47(48(39)50)40-19-9-12-22-44(40)49(45)42-20-10-7-17-37(42)38-18-8-11-21-43(38)49/h1-31H. The van der Waals surface area contributed by atoms with Crippen molar-refractivity contribution in [1.82, 2.24) is 4.57 Å². The van der Waals surface area contributed by atoms with Gasteiger partial charge in [-0.25, -0.2) is 0 Å². The third kappa shape index (κ3) is 3.56. The van der Waals surface area contributed by atoms with Crippen LogP contribution in [0.15, 0.2) is 188 Å². The van der Waals surface area contributed by atoms with Gasteiger partial charge in [-0.15, -0.1) is 0 Å². The molecule has 0 aliphatic heterocycles. The zero-order chi connectivity index (χ0) is 32.8. The van der Waals surface area contributed by atoms with Gasteiger partial charge in [0, 0.05) is 22.0 Å². The summed E-state index contributed by atoms with van der Waals surface area (Å²) in [5.41, 5.74) is 18.9. The van der Waals surface area contributed by atoms with Crippen molar-refractivity contribution in [3.8, 4) is 50.2 Å². The van der Waals surface area contributed by atoms with Crippen LogP contribution in [-0.4, -0.2) is 4.57 Å². The van der Waals surface area contributed by atoms with E-state index in [1.54, 1.807) is 0 Å². The largest absolute Gasteiger partial charge is 0.309 e. The highest BCUT2D eigenvalue weighted by Gasteiger charge is 2.52. The molecule has 1 nitrogen and oxygen atoms in total. The van der Waals surface area contributed by atoms with E-state index in [1.165, 1.54) is 88.6 Å². The fraction of sp³-hybridized carbons (Fsp3) is 0.0204. The molecule has 0 saturated carbocycles. The number of hydrogen-bond acceptors (Lipinski definition) is 0. The van der Waals surface area contributed by atoms with Crippen LogP contribution in [0.4, 0.5) is 0 Å². The van der Waals surface area contributed by atoms with E-state index in [0.717, 1.165) is 5.69 Å². The van der Waals surface area contributed by atoms with E-state index in [2.05, 4.69) is 193 Å². The highest BCUT2D eigenvalue weighted by Crippen LogP contribution is 2.64. The molecule has 1 spiro atoms. The minimum Gasteiger partial charge on any atom is -0.309 e. The molecule has 1 heteroatoms. The molecular formula is C49H31N. The van der Waals surface area contributed by atoms with Crippen LogP contribution in [0.1, 0.15) is 22.3 Å². The van der Waals surface area contributed by atoms with Gasteiger partial charge in [-0.05, 0) is 85.5 Å². The molecule has 2 aliphatic carbocycles. The van der Waals surface area contributed by atoms with E-state index in [-0.39, 0.29) is 5.41 Å². The summed E-state index contributed by atoms with van der Waals surface area (Å²) in [5, 5.41) is 2.54. The van der Waals surface area contributed by atoms with Gasteiger partial charge in [0.05, 0.1) is 16.4 Å². The van der Waals surface area contributed by atoms with Gasteiger partial charge in [0.2, 0.25) is 0 Å². The molecule has 11 rings (SSSR count). The summed E-state index contributed by atoms with van der Waals surface area (Å²) in [6.45, 7) is 0. The monoisotopic (exact) mass is 633 g/mol. The fourth-order valence-corrected chi connectivity index (χ4v) is 9.19. The topological polar surface area (TPSA) is 4.93 Å². The molecule has 1 heterocycles. The maximum absolute atomic E-state index is 2.52. The first-order chi connectivity index (χ1) is 24.8. The zero-order valence-corrected chi connectivity index (χ0v) is 27.3. The van der Waals surface area contributed by atoms with E-state index in [4.69, 9.17) is 0 Å². The van der Waals surface area contributed by atoms with Crippen molar-refractivity contribution < 1.29 is 0 Å². The maximum Gasteiger partial charge on any atom is 0.0726 e. The van der Waals surface area contributed by atoms with Crippen molar-refractivity contribution in [3.05, 3.63) is 210 Å². The van der Waals surface area contributed by atoms with Gasteiger partial charge in [0.15, 0.2) is 0 Å². The summed E-state index contributed by atoms with van der Waals surface area (Å²) in [7, 11) is 0.